The van der Waals surface area contributed by atoms with Crippen molar-refractivity contribution >= 4 is 22.5 Å². The van der Waals surface area contributed by atoms with E-state index in [0.29, 0.717) is 22.5 Å². The molecule has 5 nitrogen and oxygen atoms in total. The molecule has 1 aromatic carbocycles. The van der Waals surface area contributed by atoms with E-state index in [-0.39, 0.29) is 16.9 Å². The zero-order valence-electron chi connectivity index (χ0n) is 11.7. The van der Waals surface area contributed by atoms with E-state index in [1.165, 1.54) is 10.8 Å². The second-order valence-electron chi connectivity index (χ2n) is 4.75. The Labute approximate surface area is 120 Å². The Morgan fingerprint density at radius 2 is 2.00 bits per heavy atom. The number of nitrogens with zero attached hydrogens (tertiary/aromatic N) is 2. The first-order valence-corrected chi connectivity index (χ1v) is 6.49. The van der Waals surface area contributed by atoms with Crippen LogP contribution in [0.3, 0.4) is 0 Å². The van der Waals surface area contributed by atoms with Crippen LogP contribution in [0.4, 0.5) is 5.88 Å². The van der Waals surface area contributed by atoms with Gasteiger partial charge in [0.1, 0.15) is 11.3 Å². The number of pyridine rings is 1. The van der Waals surface area contributed by atoms with Crippen molar-refractivity contribution in [1.82, 2.24) is 4.57 Å². The molecule has 21 heavy (non-hydrogen) atoms. The second-order valence-corrected chi connectivity index (χ2v) is 4.75. The molecule has 1 N–H and O–H groups in total. The van der Waals surface area contributed by atoms with E-state index in [4.69, 9.17) is 4.42 Å². The fraction of sp³-hybridized carbons (Fsp3) is 0.125. The Kier molecular flexibility index (Phi) is 3.10. The normalized spacial score (nSPS) is 12.0. The summed E-state index contributed by atoms with van der Waals surface area (Å²) in [5, 5.41) is 11.0. The minimum atomic E-state index is -0.293. The van der Waals surface area contributed by atoms with Gasteiger partial charge >= 0.3 is 0 Å². The summed E-state index contributed by atoms with van der Waals surface area (Å²) in [5.74, 6) is 0.337. The molecule has 0 fully saturated rings. The van der Waals surface area contributed by atoms with Crippen molar-refractivity contribution < 1.29 is 9.52 Å². The van der Waals surface area contributed by atoms with Crippen molar-refractivity contribution in [3.8, 4) is 5.75 Å². The van der Waals surface area contributed by atoms with Crippen LogP contribution in [-0.2, 0) is 7.05 Å². The van der Waals surface area contributed by atoms with Crippen LogP contribution in [0, 0.1) is 0 Å². The molecule has 0 radical (unpaired) electrons. The largest absolute Gasteiger partial charge is 0.506 e. The van der Waals surface area contributed by atoms with Crippen LogP contribution in [0.25, 0.3) is 10.9 Å². The van der Waals surface area contributed by atoms with Gasteiger partial charge in [-0.25, -0.2) is 4.99 Å². The van der Waals surface area contributed by atoms with Crippen molar-refractivity contribution in [2.24, 2.45) is 12.0 Å². The molecule has 3 aromatic rings. The molecule has 0 unspecified atom stereocenters. The third kappa shape index (κ3) is 2.12. The van der Waals surface area contributed by atoms with Gasteiger partial charge in [-0.2, -0.15) is 0 Å². The zero-order valence-corrected chi connectivity index (χ0v) is 11.7. The predicted octanol–water partition coefficient (Wildman–Crippen LogP) is 2.98. The van der Waals surface area contributed by atoms with Crippen molar-refractivity contribution in [3.63, 3.8) is 0 Å². The molecule has 0 atom stereocenters. The first-order valence-electron chi connectivity index (χ1n) is 6.49. The van der Waals surface area contributed by atoms with E-state index in [1.807, 2.05) is 12.1 Å². The highest BCUT2D eigenvalue weighted by molar-refractivity contribution is 6.06. The van der Waals surface area contributed by atoms with Gasteiger partial charge in [0, 0.05) is 18.5 Å². The molecule has 0 amide bonds. The van der Waals surface area contributed by atoms with E-state index in [1.54, 1.807) is 38.2 Å². The van der Waals surface area contributed by atoms with E-state index < -0.39 is 0 Å². The molecule has 5 heteroatoms. The number of hydrogen-bond acceptors (Lipinski definition) is 4. The van der Waals surface area contributed by atoms with Crippen LogP contribution in [0.2, 0.25) is 0 Å². The highest BCUT2D eigenvalue weighted by Crippen LogP contribution is 2.27. The molecule has 0 aliphatic carbocycles. The number of aliphatic imine (C=N–C) groups is 1. The Morgan fingerprint density at radius 1 is 1.24 bits per heavy atom. The van der Waals surface area contributed by atoms with Crippen LogP contribution in [0.5, 0.6) is 5.75 Å². The van der Waals surface area contributed by atoms with Gasteiger partial charge in [0.25, 0.3) is 5.56 Å². The van der Waals surface area contributed by atoms with Gasteiger partial charge in [-0.05, 0) is 25.1 Å². The zero-order chi connectivity index (χ0) is 15.0. The number of hydrogen-bond donors (Lipinski definition) is 1. The SMILES string of the molecule is CC(=Nc1ccco1)c1c(O)c2ccccc2n(C)c1=O. The lowest BCUT2D eigenvalue weighted by molar-refractivity contribution is 0.478. The van der Waals surface area contributed by atoms with Gasteiger partial charge in [-0.15, -0.1) is 0 Å². The minimum absolute atomic E-state index is 0.0542. The molecule has 0 bridgehead atoms. The lowest BCUT2D eigenvalue weighted by Gasteiger charge is -2.11. The van der Waals surface area contributed by atoms with Crippen LogP contribution >= 0.6 is 0 Å². The average molecular weight is 282 g/mol. The molecule has 0 aliphatic heterocycles. The monoisotopic (exact) mass is 282 g/mol. The summed E-state index contributed by atoms with van der Waals surface area (Å²) in [6, 6.07) is 10.6. The van der Waals surface area contributed by atoms with Gasteiger partial charge in [0.15, 0.2) is 0 Å². The summed E-state index contributed by atoms with van der Waals surface area (Å²) >= 11 is 0. The molecule has 0 saturated heterocycles. The fourth-order valence-corrected chi connectivity index (χ4v) is 2.36. The number of benzene rings is 1. The highest BCUT2D eigenvalue weighted by atomic mass is 16.3. The number of aromatic hydroxyl groups is 1. The topological polar surface area (TPSA) is 67.7 Å². The number of aryl methyl sites for hydroxylation is 1. The number of aromatic nitrogens is 1. The lowest BCUT2D eigenvalue weighted by atomic mass is 10.1. The molecule has 2 heterocycles. The van der Waals surface area contributed by atoms with Gasteiger partial charge in [0.2, 0.25) is 5.88 Å². The maximum absolute atomic E-state index is 12.5. The maximum atomic E-state index is 12.5. The van der Waals surface area contributed by atoms with Crippen molar-refractivity contribution in [1.29, 1.82) is 0 Å². The maximum Gasteiger partial charge on any atom is 0.263 e. The number of fused-ring (bicyclic) bond motifs is 1. The minimum Gasteiger partial charge on any atom is -0.506 e. The molecule has 106 valence electrons. The number of rotatable bonds is 2. The molecular weight excluding hydrogens is 268 g/mol. The van der Waals surface area contributed by atoms with E-state index in [0.717, 1.165) is 0 Å². The van der Waals surface area contributed by atoms with Crippen molar-refractivity contribution in [2.75, 3.05) is 0 Å². The van der Waals surface area contributed by atoms with Crippen molar-refractivity contribution in [2.45, 2.75) is 6.92 Å². The fourth-order valence-electron chi connectivity index (χ4n) is 2.36. The summed E-state index contributed by atoms with van der Waals surface area (Å²) in [4.78, 5) is 16.7. The van der Waals surface area contributed by atoms with Gasteiger partial charge < -0.3 is 14.1 Å². The Hall–Kier alpha value is -2.82. The third-order valence-electron chi connectivity index (χ3n) is 3.42. The molecule has 0 saturated carbocycles. The summed E-state index contributed by atoms with van der Waals surface area (Å²) in [5.41, 5.74) is 0.981. The second kappa shape index (κ2) is 4.94. The molecule has 3 rings (SSSR count). The predicted molar refractivity (Wildman–Crippen MR) is 81.4 cm³/mol. The average Bonchev–Trinajstić information content (AvgIpc) is 2.98. The number of furan rings is 1. The van der Waals surface area contributed by atoms with Crippen LogP contribution < -0.4 is 5.56 Å². The van der Waals surface area contributed by atoms with Gasteiger partial charge in [-0.1, -0.05) is 12.1 Å². The Morgan fingerprint density at radius 3 is 2.71 bits per heavy atom. The summed E-state index contributed by atoms with van der Waals surface area (Å²) in [7, 11) is 1.67. The van der Waals surface area contributed by atoms with E-state index in [9.17, 15) is 9.90 Å². The molecule has 2 aromatic heterocycles. The van der Waals surface area contributed by atoms with Crippen LogP contribution in [-0.4, -0.2) is 15.4 Å². The lowest BCUT2D eigenvalue weighted by Crippen LogP contribution is -2.24. The van der Waals surface area contributed by atoms with Gasteiger partial charge in [-0.3, -0.25) is 4.79 Å². The molecular formula is C16H14N2O3. The van der Waals surface area contributed by atoms with Crippen molar-refractivity contribution in [3.05, 3.63) is 58.6 Å². The Balaban J connectivity index is 2.31. The molecule has 0 spiro atoms. The Bertz CT molecular complexity index is 890. The highest BCUT2D eigenvalue weighted by Gasteiger charge is 2.16. The molecule has 0 aliphatic rings. The quantitative estimate of drug-likeness (QED) is 0.735. The van der Waals surface area contributed by atoms with E-state index >= 15 is 0 Å². The smallest absolute Gasteiger partial charge is 0.263 e. The first kappa shape index (κ1) is 13.2. The van der Waals surface area contributed by atoms with E-state index in [2.05, 4.69) is 4.99 Å². The summed E-state index contributed by atoms with van der Waals surface area (Å²) < 4.78 is 6.65. The third-order valence-corrected chi connectivity index (χ3v) is 3.42. The van der Waals surface area contributed by atoms with Crippen LogP contribution in [0.15, 0.2) is 56.9 Å². The summed E-state index contributed by atoms with van der Waals surface area (Å²) in [6.45, 7) is 1.67. The summed E-state index contributed by atoms with van der Waals surface area (Å²) in [6.07, 6.45) is 1.50. The van der Waals surface area contributed by atoms with Crippen LogP contribution in [0.1, 0.15) is 12.5 Å². The number of para-hydroxylation sites is 1. The first-order chi connectivity index (χ1) is 10.1. The van der Waals surface area contributed by atoms with Gasteiger partial charge in [0.05, 0.1) is 17.5 Å². The standard InChI is InChI=1S/C16H14N2O3/c1-10(17-13-8-5-9-21-13)14-15(19)11-6-3-4-7-12(11)18(2)16(14)20/h3-9,19H,1-2H3.